The number of likely N-dealkylation sites (tertiary alicyclic amines) is 3. The summed E-state index contributed by atoms with van der Waals surface area (Å²) in [7, 11) is 0. The molecule has 0 aliphatic carbocycles. The molecule has 48 heavy (non-hydrogen) atoms. The number of para-hydroxylation sites is 1. The highest BCUT2D eigenvalue weighted by Crippen LogP contribution is 2.27. The summed E-state index contributed by atoms with van der Waals surface area (Å²) in [5.41, 5.74) is 4.96. The van der Waals surface area contributed by atoms with Crippen molar-refractivity contribution in [3.8, 4) is 0 Å². The Hall–Kier alpha value is -4.12. The van der Waals surface area contributed by atoms with E-state index in [0.29, 0.717) is 58.0 Å². The molecule has 3 fully saturated rings. The molecule has 5 heterocycles. The first-order chi connectivity index (χ1) is 23.4. The number of carbonyl (C=O) groups excluding carboxylic acids is 3. The van der Waals surface area contributed by atoms with Crippen molar-refractivity contribution in [1.82, 2.24) is 29.8 Å². The third-order valence-electron chi connectivity index (χ3n) is 11.0. The third kappa shape index (κ3) is 7.16. The van der Waals surface area contributed by atoms with Crippen LogP contribution in [0.4, 0.5) is 15.3 Å². The fourth-order valence-corrected chi connectivity index (χ4v) is 8.23. The largest absolute Gasteiger partial charge is 0.436 e. The lowest BCUT2D eigenvalue weighted by atomic mass is 9.99. The van der Waals surface area contributed by atoms with Gasteiger partial charge in [0, 0.05) is 62.3 Å². The lowest BCUT2D eigenvalue weighted by molar-refractivity contribution is -0.142. The zero-order valence-electron chi connectivity index (χ0n) is 28.2. The maximum absolute atomic E-state index is 14.1. The summed E-state index contributed by atoms with van der Waals surface area (Å²) in [5, 5.41) is 11.3. The second-order valence-electron chi connectivity index (χ2n) is 14.1. The molecule has 1 aromatic heterocycles. The number of rotatable bonds is 6. The predicted molar refractivity (Wildman–Crippen MR) is 185 cm³/mol. The molecule has 0 unspecified atom stereocenters. The number of hydrogen-bond acceptors (Lipinski definition) is 6. The highest BCUT2D eigenvalue weighted by molar-refractivity contribution is 5.91. The fourth-order valence-electron chi connectivity index (χ4n) is 8.23. The number of nitrogens with zero attached hydrogens (tertiary/aromatic N) is 5. The average molecular weight is 656 g/mol. The van der Waals surface area contributed by atoms with E-state index in [-0.39, 0.29) is 18.0 Å². The Morgan fingerprint density at radius 1 is 0.896 bits per heavy atom. The molecule has 1 atom stereocenters. The van der Waals surface area contributed by atoms with E-state index in [2.05, 4.69) is 32.5 Å². The number of aryl methyl sites for hydroxylation is 1. The van der Waals surface area contributed by atoms with Crippen LogP contribution in [0.5, 0.6) is 0 Å². The predicted octanol–water partition coefficient (Wildman–Crippen LogP) is 5.34. The highest BCUT2D eigenvalue weighted by atomic mass is 16.6. The number of H-pyrrole nitrogens is 1. The molecule has 0 spiro atoms. The number of aromatic nitrogens is 2. The standard InChI is InChI=1S/C37H49N7O4/c1-26-22-27(23-29-25-38-40-34(26)29)24-33(35(45)42-17-11-30(12-18-42)41-15-6-2-3-7-16-41)48-37(47)43-19-13-31(14-20-43)44-21-10-28-8-4-5-9-32(28)39-36(44)46/h4-5,8-9,22-23,25,30-31,33H,2-3,6-7,10-21,24H2,1H3,(H,38,40)(H,39,46)/t33-/m1/s1. The van der Waals surface area contributed by atoms with E-state index in [1.807, 2.05) is 41.0 Å². The van der Waals surface area contributed by atoms with Gasteiger partial charge in [-0.1, -0.05) is 37.1 Å². The Labute approximate surface area is 282 Å². The van der Waals surface area contributed by atoms with Crippen LogP contribution >= 0.6 is 0 Å². The summed E-state index contributed by atoms with van der Waals surface area (Å²) < 4.78 is 6.14. The topological polar surface area (TPSA) is 114 Å². The minimum absolute atomic E-state index is 0.0379. The molecule has 0 saturated carbocycles. The average Bonchev–Trinajstić information content (AvgIpc) is 3.32. The van der Waals surface area contributed by atoms with E-state index >= 15 is 0 Å². The smallest absolute Gasteiger partial charge is 0.410 e. The molecular formula is C37H49N7O4. The Balaban J connectivity index is 0.999. The summed E-state index contributed by atoms with van der Waals surface area (Å²) in [5.74, 6) is -0.113. The number of aromatic amines is 1. The zero-order chi connectivity index (χ0) is 33.0. The number of hydrogen-bond donors (Lipinski definition) is 2. The fraction of sp³-hybridized carbons (Fsp3) is 0.568. The normalized spacial score (nSPS) is 20.9. The Morgan fingerprint density at radius 2 is 1.60 bits per heavy atom. The zero-order valence-corrected chi connectivity index (χ0v) is 28.2. The van der Waals surface area contributed by atoms with Crippen LogP contribution < -0.4 is 5.32 Å². The van der Waals surface area contributed by atoms with Crippen molar-refractivity contribution in [3.05, 3.63) is 59.3 Å². The second kappa shape index (κ2) is 14.6. The minimum atomic E-state index is -0.913. The van der Waals surface area contributed by atoms with Gasteiger partial charge in [0.2, 0.25) is 0 Å². The van der Waals surface area contributed by atoms with E-state index in [1.165, 1.54) is 25.7 Å². The number of ether oxygens (including phenoxy) is 1. The van der Waals surface area contributed by atoms with Gasteiger partial charge in [-0.15, -0.1) is 0 Å². The van der Waals surface area contributed by atoms with Crippen LogP contribution in [-0.4, -0.2) is 112 Å². The summed E-state index contributed by atoms with van der Waals surface area (Å²) in [6, 6.07) is 12.5. The Morgan fingerprint density at radius 3 is 2.38 bits per heavy atom. The van der Waals surface area contributed by atoms with Crippen LogP contribution in [0.25, 0.3) is 10.9 Å². The van der Waals surface area contributed by atoms with E-state index < -0.39 is 12.2 Å². The van der Waals surface area contributed by atoms with E-state index in [9.17, 15) is 14.4 Å². The molecular weight excluding hydrogens is 606 g/mol. The lowest BCUT2D eigenvalue weighted by Gasteiger charge is -2.40. The molecule has 11 nitrogen and oxygen atoms in total. The molecule has 11 heteroatoms. The maximum Gasteiger partial charge on any atom is 0.410 e. The summed E-state index contributed by atoms with van der Waals surface area (Å²) >= 11 is 0. The molecule has 7 rings (SSSR count). The maximum atomic E-state index is 14.1. The van der Waals surface area contributed by atoms with Gasteiger partial charge in [0.15, 0.2) is 6.10 Å². The number of carbonyl (C=O) groups is 3. The summed E-state index contributed by atoms with van der Waals surface area (Å²) in [4.78, 5) is 49.1. The molecule has 4 aliphatic heterocycles. The first-order valence-electron chi connectivity index (χ1n) is 18.0. The quantitative estimate of drug-likeness (QED) is 0.371. The van der Waals surface area contributed by atoms with Gasteiger partial charge in [0.1, 0.15) is 0 Å². The van der Waals surface area contributed by atoms with Crippen molar-refractivity contribution in [2.24, 2.45) is 0 Å². The number of amides is 4. The van der Waals surface area contributed by atoms with Gasteiger partial charge in [-0.05, 0) is 93.8 Å². The molecule has 0 radical (unpaired) electrons. The highest BCUT2D eigenvalue weighted by Gasteiger charge is 2.36. The first-order valence-corrected chi connectivity index (χ1v) is 18.0. The van der Waals surface area contributed by atoms with Crippen LogP contribution in [0.1, 0.15) is 68.1 Å². The van der Waals surface area contributed by atoms with Crippen molar-refractivity contribution in [3.63, 3.8) is 0 Å². The van der Waals surface area contributed by atoms with Crippen LogP contribution in [-0.2, 0) is 22.4 Å². The van der Waals surface area contributed by atoms with Gasteiger partial charge in [0.05, 0.1) is 11.7 Å². The van der Waals surface area contributed by atoms with Crippen molar-refractivity contribution in [2.75, 3.05) is 51.1 Å². The van der Waals surface area contributed by atoms with Gasteiger partial charge in [0.25, 0.3) is 5.91 Å². The molecule has 0 bridgehead atoms. The number of fused-ring (bicyclic) bond motifs is 2. The minimum Gasteiger partial charge on any atom is -0.436 e. The monoisotopic (exact) mass is 655 g/mol. The van der Waals surface area contributed by atoms with Crippen molar-refractivity contribution in [1.29, 1.82) is 0 Å². The van der Waals surface area contributed by atoms with E-state index in [0.717, 1.165) is 65.6 Å². The van der Waals surface area contributed by atoms with Crippen LogP contribution in [0, 0.1) is 6.92 Å². The molecule has 4 amide bonds. The van der Waals surface area contributed by atoms with Gasteiger partial charge in [-0.3, -0.25) is 9.89 Å². The van der Waals surface area contributed by atoms with Gasteiger partial charge in [-0.25, -0.2) is 9.59 Å². The molecule has 4 aliphatic rings. The second-order valence-corrected chi connectivity index (χ2v) is 14.1. The number of benzene rings is 2. The molecule has 3 aromatic rings. The van der Waals surface area contributed by atoms with Crippen molar-refractivity contribution >= 4 is 34.6 Å². The van der Waals surface area contributed by atoms with Crippen molar-refractivity contribution in [2.45, 2.75) is 89.3 Å². The number of nitrogens with one attached hydrogen (secondary N) is 2. The molecule has 2 aromatic carbocycles. The van der Waals surface area contributed by atoms with E-state index in [4.69, 9.17) is 4.74 Å². The SMILES string of the molecule is Cc1cc(C[C@@H](OC(=O)N2CCC(N3CCc4ccccc4NC3=O)CC2)C(=O)N2CCC(N3CCCCCC3)CC2)cc2cn[nH]c12. The molecule has 256 valence electrons. The number of piperidine rings is 2. The third-order valence-corrected chi connectivity index (χ3v) is 11.0. The van der Waals surface area contributed by atoms with Crippen LogP contribution in [0.15, 0.2) is 42.6 Å². The summed E-state index contributed by atoms with van der Waals surface area (Å²) in [6.45, 7) is 7.28. The Bertz CT molecular complexity index is 1600. The van der Waals surface area contributed by atoms with Crippen molar-refractivity contribution < 1.29 is 19.1 Å². The van der Waals surface area contributed by atoms with Crippen LogP contribution in [0.2, 0.25) is 0 Å². The molecule has 3 saturated heterocycles. The molecule has 2 N–H and O–H groups in total. The Kier molecular flexibility index (Phi) is 9.83. The summed E-state index contributed by atoms with van der Waals surface area (Å²) in [6.07, 6.45) is 9.89. The number of urea groups is 1. The lowest BCUT2D eigenvalue weighted by Crippen LogP contribution is -2.52. The van der Waals surface area contributed by atoms with Gasteiger partial charge >= 0.3 is 12.1 Å². The van der Waals surface area contributed by atoms with Crippen LogP contribution in [0.3, 0.4) is 0 Å². The van der Waals surface area contributed by atoms with Gasteiger partial charge in [-0.2, -0.15) is 5.10 Å². The first kappa shape index (κ1) is 32.4. The number of anilines is 1. The van der Waals surface area contributed by atoms with Gasteiger partial charge < -0.3 is 29.7 Å². The van der Waals surface area contributed by atoms with E-state index in [1.54, 1.807) is 11.1 Å².